The molecule has 4 atom stereocenters. The van der Waals surface area contributed by atoms with Crippen LogP contribution in [-0.2, 0) is 30.5 Å². The Hall–Kier alpha value is -1.21. The van der Waals surface area contributed by atoms with Gasteiger partial charge in [0, 0.05) is 28.6 Å². The molecule has 38 heavy (non-hydrogen) atoms. The Morgan fingerprint density at radius 3 is 2.50 bits per heavy atom. The topological polar surface area (TPSA) is 61.7 Å². The third kappa shape index (κ3) is 8.90. The number of benzene rings is 1. The van der Waals surface area contributed by atoms with Crippen LogP contribution in [0.5, 0.6) is 0 Å². The number of allylic oxidation sites excluding steroid dienone is 3. The van der Waals surface area contributed by atoms with Crippen molar-refractivity contribution in [2.45, 2.75) is 122 Å². The van der Waals surface area contributed by atoms with E-state index in [0.717, 1.165) is 51.4 Å². The average Bonchev–Trinajstić information content (AvgIpc) is 3.30. The second-order valence-electron chi connectivity index (χ2n) is 11.3. The molecule has 2 N–H and O–H groups in total. The molecule has 0 saturated heterocycles. The van der Waals surface area contributed by atoms with Crippen LogP contribution in [0.1, 0.15) is 110 Å². The molecule has 0 radical (unpaired) electrons. The SMILES string of the molecule is CCC1=CN=C(C)C(CCC(C)C(CC(CC)CCNS(=O)O)Sc2cc3c(cc2CC)CCC3)=C(C)C1. The molecule has 2 aliphatic rings. The van der Waals surface area contributed by atoms with Gasteiger partial charge in [-0.3, -0.25) is 9.55 Å². The summed E-state index contributed by atoms with van der Waals surface area (Å²) < 4.78 is 23.0. The van der Waals surface area contributed by atoms with Crippen LogP contribution in [0.25, 0.3) is 0 Å². The van der Waals surface area contributed by atoms with Gasteiger partial charge in [0.05, 0.1) is 0 Å². The van der Waals surface area contributed by atoms with E-state index in [1.165, 1.54) is 52.2 Å². The van der Waals surface area contributed by atoms with E-state index in [2.05, 4.69) is 76.4 Å². The molecule has 4 unspecified atom stereocenters. The molecule has 4 nitrogen and oxygen atoms in total. The lowest BCUT2D eigenvalue weighted by Crippen LogP contribution is -2.24. The molecule has 0 aromatic heterocycles. The largest absolute Gasteiger partial charge is 0.294 e. The van der Waals surface area contributed by atoms with E-state index in [1.54, 1.807) is 11.1 Å². The summed E-state index contributed by atoms with van der Waals surface area (Å²) in [5, 5.41) is 0.512. The van der Waals surface area contributed by atoms with E-state index >= 15 is 0 Å². The number of hydrogen-bond donors (Lipinski definition) is 2. The van der Waals surface area contributed by atoms with Gasteiger partial charge >= 0.3 is 0 Å². The zero-order chi connectivity index (χ0) is 27.7. The van der Waals surface area contributed by atoms with Crippen molar-refractivity contribution in [3.8, 4) is 0 Å². The summed E-state index contributed by atoms with van der Waals surface area (Å²) in [7, 11) is 0. The molecule has 1 heterocycles. The predicted octanol–water partition coefficient (Wildman–Crippen LogP) is 8.62. The summed E-state index contributed by atoms with van der Waals surface area (Å²) >= 11 is 0.172. The molecule has 1 aromatic rings. The van der Waals surface area contributed by atoms with Gasteiger partial charge in [0.1, 0.15) is 0 Å². The minimum absolute atomic E-state index is 0.512. The number of aliphatic imine (C=N–C) groups is 1. The predicted molar refractivity (Wildman–Crippen MR) is 166 cm³/mol. The lowest BCUT2D eigenvalue weighted by molar-refractivity contribution is 0.379. The first-order chi connectivity index (χ1) is 18.2. The van der Waals surface area contributed by atoms with Gasteiger partial charge in [-0.15, -0.1) is 11.8 Å². The molecule has 1 aliphatic carbocycles. The molecule has 6 heteroatoms. The molecular formula is C32H50N2O2S2. The Labute approximate surface area is 239 Å². The highest BCUT2D eigenvalue weighted by atomic mass is 32.2. The molecule has 3 rings (SSSR count). The monoisotopic (exact) mass is 558 g/mol. The Kier molecular flexibility index (Phi) is 12.8. The van der Waals surface area contributed by atoms with Crippen molar-refractivity contribution >= 4 is 28.7 Å². The van der Waals surface area contributed by atoms with Crippen LogP contribution < -0.4 is 4.72 Å². The Morgan fingerprint density at radius 2 is 1.84 bits per heavy atom. The number of aryl methyl sites for hydroxylation is 3. The van der Waals surface area contributed by atoms with Crippen LogP contribution in [0.3, 0.4) is 0 Å². The van der Waals surface area contributed by atoms with Crippen molar-refractivity contribution in [3.63, 3.8) is 0 Å². The van der Waals surface area contributed by atoms with Gasteiger partial charge in [0.2, 0.25) is 11.3 Å². The summed E-state index contributed by atoms with van der Waals surface area (Å²) in [4.78, 5) is 6.28. The van der Waals surface area contributed by atoms with E-state index in [1.807, 2.05) is 0 Å². The normalized spacial score (nSPS) is 18.9. The molecule has 0 spiro atoms. The molecule has 1 aromatic carbocycles. The highest BCUT2D eigenvalue weighted by molar-refractivity contribution is 8.00. The van der Waals surface area contributed by atoms with E-state index < -0.39 is 11.3 Å². The Morgan fingerprint density at radius 1 is 1.11 bits per heavy atom. The van der Waals surface area contributed by atoms with Gasteiger partial charge in [0.15, 0.2) is 0 Å². The highest BCUT2D eigenvalue weighted by Gasteiger charge is 2.25. The van der Waals surface area contributed by atoms with Crippen molar-refractivity contribution in [1.29, 1.82) is 0 Å². The number of hydrogen-bond acceptors (Lipinski definition) is 3. The van der Waals surface area contributed by atoms with Crippen LogP contribution in [0.4, 0.5) is 0 Å². The molecular weight excluding hydrogens is 508 g/mol. The van der Waals surface area contributed by atoms with Gasteiger partial charge < -0.3 is 0 Å². The van der Waals surface area contributed by atoms with Crippen LogP contribution in [0.15, 0.2) is 44.9 Å². The summed E-state index contributed by atoms with van der Waals surface area (Å²) in [6, 6.07) is 5.00. The number of thioether (sulfide) groups is 1. The lowest BCUT2D eigenvalue weighted by atomic mass is 9.87. The average molecular weight is 559 g/mol. The van der Waals surface area contributed by atoms with Gasteiger partial charge in [-0.25, -0.2) is 8.93 Å². The van der Waals surface area contributed by atoms with Crippen molar-refractivity contribution in [2.75, 3.05) is 6.54 Å². The Balaban J connectivity index is 1.79. The van der Waals surface area contributed by atoms with Gasteiger partial charge in [-0.1, -0.05) is 45.8 Å². The van der Waals surface area contributed by atoms with Crippen molar-refractivity contribution in [3.05, 3.63) is 51.7 Å². The standard InChI is InChI=1S/C32H50N2O2S2/c1-7-25(15-16-34-38(35)36)18-31(37-32-20-29-12-10-11-28(29)19-27(32)9-3)22(4)13-14-30-23(5)17-26(8-2)21-33-24(30)6/h19-22,25,31,34H,7-18H2,1-6H3,(H,35,36). The van der Waals surface area contributed by atoms with E-state index in [-0.39, 0.29) is 0 Å². The van der Waals surface area contributed by atoms with E-state index in [0.29, 0.717) is 23.6 Å². The fourth-order valence-corrected chi connectivity index (χ4v) is 7.92. The highest BCUT2D eigenvalue weighted by Crippen LogP contribution is 2.40. The molecule has 0 bridgehead atoms. The third-order valence-electron chi connectivity index (χ3n) is 8.68. The fourth-order valence-electron chi connectivity index (χ4n) is 6.00. The zero-order valence-corrected chi connectivity index (χ0v) is 26.2. The lowest BCUT2D eigenvalue weighted by Gasteiger charge is -2.29. The number of nitrogens with zero attached hydrogens (tertiary/aromatic N) is 1. The maximum Gasteiger partial charge on any atom is 0.231 e. The minimum atomic E-state index is -1.93. The Bertz CT molecular complexity index is 1060. The van der Waals surface area contributed by atoms with Crippen molar-refractivity contribution < 1.29 is 8.76 Å². The van der Waals surface area contributed by atoms with Crippen LogP contribution in [0, 0.1) is 11.8 Å². The van der Waals surface area contributed by atoms with Crippen molar-refractivity contribution in [2.24, 2.45) is 16.8 Å². The second-order valence-corrected chi connectivity index (χ2v) is 13.4. The molecule has 0 saturated carbocycles. The molecule has 1 aliphatic heterocycles. The zero-order valence-electron chi connectivity index (χ0n) is 24.6. The van der Waals surface area contributed by atoms with Gasteiger partial charge in [-0.2, -0.15) is 0 Å². The van der Waals surface area contributed by atoms with Crippen LogP contribution >= 0.6 is 11.8 Å². The van der Waals surface area contributed by atoms with Crippen LogP contribution in [-0.4, -0.2) is 26.3 Å². The summed E-state index contributed by atoms with van der Waals surface area (Å²) in [6.07, 6.45) is 14.4. The van der Waals surface area contributed by atoms with E-state index in [9.17, 15) is 4.21 Å². The smallest absolute Gasteiger partial charge is 0.231 e. The van der Waals surface area contributed by atoms with Crippen LogP contribution in [0.2, 0.25) is 0 Å². The van der Waals surface area contributed by atoms with Crippen molar-refractivity contribution in [1.82, 2.24) is 4.72 Å². The van der Waals surface area contributed by atoms with Gasteiger partial charge in [0.25, 0.3) is 0 Å². The second kappa shape index (κ2) is 15.5. The summed E-state index contributed by atoms with van der Waals surface area (Å²) in [5.41, 5.74) is 10.2. The summed E-state index contributed by atoms with van der Waals surface area (Å²) in [5.74, 6) is 1.09. The maximum absolute atomic E-state index is 11.1. The first-order valence-electron chi connectivity index (χ1n) is 14.8. The first kappa shape index (κ1) is 31.3. The van der Waals surface area contributed by atoms with E-state index in [4.69, 9.17) is 9.55 Å². The third-order valence-corrected chi connectivity index (χ3v) is 10.7. The molecule has 0 fully saturated rings. The first-order valence-corrected chi connectivity index (χ1v) is 16.8. The van der Waals surface area contributed by atoms with Gasteiger partial charge in [-0.05, 0) is 124 Å². The number of fused-ring (bicyclic) bond motifs is 1. The molecule has 212 valence electrons. The fraction of sp³-hybridized carbons (Fsp3) is 0.656. The minimum Gasteiger partial charge on any atom is -0.294 e. The summed E-state index contributed by atoms with van der Waals surface area (Å²) in [6.45, 7) is 14.3. The molecule has 0 amide bonds. The quantitative estimate of drug-likeness (QED) is 0.167. The number of rotatable bonds is 15. The maximum atomic E-state index is 11.1. The number of nitrogens with one attached hydrogen (secondary N) is 1.